The molecule has 0 saturated heterocycles. The number of rotatable bonds is 2. The number of amides is 1. The number of halogens is 4. The summed E-state index contributed by atoms with van der Waals surface area (Å²) in [5.74, 6) is -5.33. The summed E-state index contributed by atoms with van der Waals surface area (Å²) >= 11 is 3.16. The van der Waals surface area contributed by atoms with Crippen LogP contribution in [0.4, 0.5) is 18.9 Å². The second-order valence-corrected chi connectivity index (χ2v) is 4.87. The lowest BCUT2D eigenvalue weighted by molar-refractivity contribution is 0.102. The van der Waals surface area contributed by atoms with E-state index in [1.807, 2.05) is 6.07 Å². The second kappa shape index (κ2) is 5.97. The van der Waals surface area contributed by atoms with Gasteiger partial charge in [-0.25, -0.2) is 13.2 Å². The predicted molar refractivity (Wildman–Crippen MR) is 73.1 cm³/mol. The van der Waals surface area contributed by atoms with Gasteiger partial charge in [-0.05, 0) is 46.3 Å². The highest BCUT2D eigenvalue weighted by atomic mass is 79.9. The molecule has 2 aromatic rings. The van der Waals surface area contributed by atoms with Crippen LogP contribution in [0.1, 0.15) is 15.9 Å². The summed E-state index contributed by atoms with van der Waals surface area (Å²) in [5.41, 5.74) is 0.325. The summed E-state index contributed by atoms with van der Waals surface area (Å²) in [7, 11) is 0. The van der Waals surface area contributed by atoms with E-state index in [9.17, 15) is 18.0 Å². The van der Waals surface area contributed by atoms with Crippen LogP contribution in [0.5, 0.6) is 0 Å². The van der Waals surface area contributed by atoms with E-state index in [0.29, 0.717) is 27.9 Å². The average molecular weight is 355 g/mol. The highest BCUT2D eigenvalue weighted by Gasteiger charge is 2.16. The summed E-state index contributed by atoms with van der Waals surface area (Å²) < 4.78 is 39.4. The molecule has 0 aliphatic rings. The molecule has 3 nitrogen and oxygen atoms in total. The van der Waals surface area contributed by atoms with Crippen LogP contribution in [0, 0.1) is 28.8 Å². The number of anilines is 1. The monoisotopic (exact) mass is 354 g/mol. The Labute approximate surface area is 126 Å². The lowest BCUT2D eigenvalue weighted by atomic mass is 10.1. The molecule has 0 unspecified atom stereocenters. The van der Waals surface area contributed by atoms with E-state index in [0.717, 1.165) is 0 Å². The Hall–Kier alpha value is -2.33. The van der Waals surface area contributed by atoms with Gasteiger partial charge in [0.15, 0.2) is 17.5 Å². The van der Waals surface area contributed by atoms with E-state index in [4.69, 9.17) is 5.26 Å². The number of carbonyl (C=O) groups excluding carboxylic acids is 1. The maximum Gasteiger partial charge on any atom is 0.255 e. The smallest absolute Gasteiger partial charge is 0.255 e. The van der Waals surface area contributed by atoms with Crippen molar-refractivity contribution in [1.29, 1.82) is 5.26 Å². The number of nitrogens with one attached hydrogen (secondary N) is 1. The van der Waals surface area contributed by atoms with Crippen LogP contribution >= 0.6 is 15.9 Å². The molecule has 7 heteroatoms. The predicted octanol–water partition coefficient (Wildman–Crippen LogP) is 3.99. The topological polar surface area (TPSA) is 52.9 Å². The fraction of sp³-hybridized carbons (Fsp3) is 0. The van der Waals surface area contributed by atoms with Gasteiger partial charge in [0.25, 0.3) is 5.91 Å². The molecule has 0 spiro atoms. The van der Waals surface area contributed by atoms with Crippen LogP contribution in [-0.4, -0.2) is 5.91 Å². The van der Waals surface area contributed by atoms with E-state index < -0.39 is 23.4 Å². The van der Waals surface area contributed by atoms with Gasteiger partial charge in [-0.1, -0.05) is 0 Å². The second-order valence-electron chi connectivity index (χ2n) is 4.01. The van der Waals surface area contributed by atoms with E-state index in [-0.39, 0.29) is 5.56 Å². The molecule has 0 saturated carbocycles. The summed E-state index contributed by atoms with van der Waals surface area (Å²) in [6.07, 6.45) is 0. The molecule has 0 aromatic heterocycles. The number of nitrogens with zero attached hydrogens (tertiary/aromatic N) is 1. The third-order valence-electron chi connectivity index (χ3n) is 2.59. The van der Waals surface area contributed by atoms with Gasteiger partial charge in [0.1, 0.15) is 0 Å². The van der Waals surface area contributed by atoms with E-state index in [1.54, 1.807) is 0 Å². The van der Waals surface area contributed by atoms with Crippen LogP contribution < -0.4 is 5.32 Å². The molecule has 1 N–H and O–H groups in total. The molecular formula is C14H6BrF3N2O. The largest absolute Gasteiger partial charge is 0.321 e. The molecule has 2 rings (SSSR count). The van der Waals surface area contributed by atoms with Crippen molar-refractivity contribution in [2.24, 2.45) is 0 Å². The number of carbonyl (C=O) groups is 1. The van der Waals surface area contributed by atoms with E-state index in [1.165, 1.54) is 18.2 Å². The van der Waals surface area contributed by atoms with Gasteiger partial charge in [0.05, 0.1) is 17.3 Å². The first-order chi connectivity index (χ1) is 9.92. The average Bonchev–Trinajstić information content (AvgIpc) is 2.46. The maximum absolute atomic E-state index is 13.1. The van der Waals surface area contributed by atoms with Gasteiger partial charge < -0.3 is 5.32 Å². The molecule has 0 atom stereocenters. The van der Waals surface area contributed by atoms with Crippen molar-refractivity contribution in [2.45, 2.75) is 0 Å². The van der Waals surface area contributed by atoms with Gasteiger partial charge in [0, 0.05) is 10.0 Å². The van der Waals surface area contributed by atoms with E-state index >= 15 is 0 Å². The molecule has 0 aliphatic carbocycles. The third-order valence-corrected chi connectivity index (χ3v) is 3.25. The van der Waals surface area contributed by atoms with Gasteiger partial charge in [-0.3, -0.25) is 4.79 Å². The Balaban J connectivity index is 2.28. The van der Waals surface area contributed by atoms with Crippen LogP contribution in [-0.2, 0) is 0 Å². The van der Waals surface area contributed by atoms with Crippen LogP contribution in [0.3, 0.4) is 0 Å². The molecule has 0 fully saturated rings. The number of hydrogen-bond donors (Lipinski definition) is 1. The quantitative estimate of drug-likeness (QED) is 0.829. The van der Waals surface area contributed by atoms with Crippen molar-refractivity contribution < 1.29 is 18.0 Å². The standard InChI is InChI=1S/C14H6BrF3N2O/c15-9-3-7(6-19)1-2-12(9)20-14(21)8-4-10(16)13(18)11(17)5-8/h1-5H,(H,20,21). The van der Waals surface area contributed by atoms with Gasteiger partial charge in [-0.15, -0.1) is 0 Å². The highest BCUT2D eigenvalue weighted by Crippen LogP contribution is 2.24. The van der Waals surface area contributed by atoms with Crippen molar-refractivity contribution in [3.05, 3.63) is 63.4 Å². The summed E-state index contributed by atoms with van der Waals surface area (Å²) in [6, 6.07) is 7.52. The fourth-order valence-corrected chi connectivity index (χ4v) is 2.05. The van der Waals surface area contributed by atoms with Crippen molar-refractivity contribution in [2.75, 3.05) is 5.32 Å². The first kappa shape index (κ1) is 15.1. The molecule has 106 valence electrons. The maximum atomic E-state index is 13.1. The van der Waals surface area contributed by atoms with Crippen molar-refractivity contribution in [3.8, 4) is 6.07 Å². The Kier molecular flexibility index (Phi) is 4.29. The van der Waals surface area contributed by atoms with Crippen molar-refractivity contribution in [3.63, 3.8) is 0 Å². The van der Waals surface area contributed by atoms with Crippen molar-refractivity contribution >= 4 is 27.5 Å². The van der Waals surface area contributed by atoms with Gasteiger partial charge in [0.2, 0.25) is 0 Å². The zero-order valence-electron chi connectivity index (χ0n) is 10.3. The first-order valence-electron chi connectivity index (χ1n) is 5.58. The lowest BCUT2D eigenvalue weighted by Gasteiger charge is -2.08. The lowest BCUT2D eigenvalue weighted by Crippen LogP contribution is -2.13. The summed E-state index contributed by atoms with van der Waals surface area (Å²) in [5, 5.41) is 11.1. The minimum atomic E-state index is -1.63. The van der Waals surface area contributed by atoms with Crippen molar-refractivity contribution in [1.82, 2.24) is 0 Å². The molecule has 0 radical (unpaired) electrons. The molecule has 1 amide bonds. The van der Waals surface area contributed by atoms with Crippen LogP contribution in [0.2, 0.25) is 0 Å². The Morgan fingerprint density at radius 1 is 1.14 bits per heavy atom. The van der Waals surface area contributed by atoms with Crippen LogP contribution in [0.15, 0.2) is 34.8 Å². The zero-order chi connectivity index (χ0) is 15.6. The number of benzene rings is 2. The summed E-state index contributed by atoms with van der Waals surface area (Å²) in [6.45, 7) is 0. The molecule has 0 aliphatic heterocycles. The Morgan fingerprint density at radius 2 is 1.76 bits per heavy atom. The third kappa shape index (κ3) is 3.23. The normalized spacial score (nSPS) is 10.0. The molecule has 0 bridgehead atoms. The SMILES string of the molecule is N#Cc1ccc(NC(=O)c2cc(F)c(F)c(F)c2)c(Br)c1. The van der Waals surface area contributed by atoms with Crippen LogP contribution in [0.25, 0.3) is 0 Å². The number of nitriles is 1. The Bertz CT molecular complexity index is 748. The molecule has 0 heterocycles. The van der Waals surface area contributed by atoms with E-state index in [2.05, 4.69) is 21.2 Å². The van der Waals surface area contributed by atoms with Gasteiger partial charge in [-0.2, -0.15) is 5.26 Å². The fourth-order valence-electron chi connectivity index (χ4n) is 1.57. The highest BCUT2D eigenvalue weighted by molar-refractivity contribution is 9.10. The molecule has 2 aromatic carbocycles. The minimum absolute atomic E-state index is 0.309. The molecule has 21 heavy (non-hydrogen) atoms. The minimum Gasteiger partial charge on any atom is -0.321 e. The molecular weight excluding hydrogens is 349 g/mol. The first-order valence-corrected chi connectivity index (χ1v) is 6.37. The zero-order valence-corrected chi connectivity index (χ0v) is 11.8. The number of hydrogen-bond acceptors (Lipinski definition) is 2. The van der Waals surface area contributed by atoms with Gasteiger partial charge >= 0.3 is 0 Å². The summed E-state index contributed by atoms with van der Waals surface area (Å²) in [4.78, 5) is 11.9. The Morgan fingerprint density at radius 3 is 2.29 bits per heavy atom.